The largest absolute Gasteiger partial charge is 0.309 e. The molecule has 3 heterocycles. The van der Waals surface area contributed by atoms with Crippen molar-refractivity contribution in [3.63, 3.8) is 0 Å². The lowest BCUT2D eigenvalue weighted by Crippen LogP contribution is -1.96. The SMILES string of the molecule is c1ccc(-c2ccc(-n3c4ccccc4c4cc5c6cc(-c7ccc8c(c7)c7ccccc7n8-c7cccc8ccccc78)ccc6n(-c6ccc7ccccc7c6)c5cc43)cc2)cc1. The molecule has 0 aliphatic rings. The first-order chi connectivity index (χ1) is 32.2. The monoisotopic (exact) mass is 825 g/mol. The minimum absolute atomic E-state index is 1.14. The van der Waals surface area contributed by atoms with Gasteiger partial charge in [0, 0.05) is 49.1 Å². The Bertz CT molecular complexity index is 4220. The Morgan fingerprint density at radius 1 is 0.200 bits per heavy atom. The molecule has 65 heavy (non-hydrogen) atoms. The average Bonchev–Trinajstić information content (AvgIpc) is 4.00. The van der Waals surface area contributed by atoms with E-state index in [-0.39, 0.29) is 0 Å². The summed E-state index contributed by atoms with van der Waals surface area (Å²) in [6.45, 7) is 0. The fourth-order valence-electron chi connectivity index (χ4n) is 10.8. The zero-order valence-corrected chi connectivity index (χ0v) is 35.4. The number of benzene rings is 11. The molecule has 0 bridgehead atoms. The van der Waals surface area contributed by atoms with Crippen LogP contribution in [0.4, 0.5) is 0 Å². The number of aromatic nitrogens is 3. The maximum absolute atomic E-state index is 2.47. The Kier molecular flexibility index (Phi) is 7.69. The van der Waals surface area contributed by atoms with E-state index in [0.29, 0.717) is 0 Å². The molecule has 3 aromatic heterocycles. The molecule has 0 atom stereocenters. The second-order valence-corrected chi connectivity index (χ2v) is 17.3. The molecule has 0 saturated carbocycles. The lowest BCUT2D eigenvalue weighted by molar-refractivity contribution is 1.17. The van der Waals surface area contributed by atoms with Gasteiger partial charge in [-0.1, -0.05) is 158 Å². The second-order valence-electron chi connectivity index (χ2n) is 17.3. The third-order valence-electron chi connectivity index (χ3n) is 13.8. The molecule has 14 rings (SSSR count). The van der Waals surface area contributed by atoms with Crippen LogP contribution in [-0.4, -0.2) is 13.7 Å². The van der Waals surface area contributed by atoms with Gasteiger partial charge in [-0.3, -0.25) is 0 Å². The summed E-state index contributed by atoms with van der Waals surface area (Å²) in [5.41, 5.74) is 15.5. The van der Waals surface area contributed by atoms with Crippen LogP contribution in [0.15, 0.2) is 237 Å². The maximum atomic E-state index is 2.47. The van der Waals surface area contributed by atoms with Gasteiger partial charge < -0.3 is 13.7 Å². The van der Waals surface area contributed by atoms with Crippen molar-refractivity contribution < 1.29 is 0 Å². The van der Waals surface area contributed by atoms with E-state index in [9.17, 15) is 0 Å². The van der Waals surface area contributed by atoms with Gasteiger partial charge in [0.1, 0.15) is 0 Å². The first-order valence-electron chi connectivity index (χ1n) is 22.4. The van der Waals surface area contributed by atoms with Crippen molar-refractivity contribution in [1.29, 1.82) is 0 Å². The highest BCUT2D eigenvalue weighted by atomic mass is 15.0. The lowest BCUT2D eigenvalue weighted by atomic mass is 10.00. The maximum Gasteiger partial charge on any atom is 0.0562 e. The summed E-state index contributed by atoms with van der Waals surface area (Å²) in [4.78, 5) is 0. The van der Waals surface area contributed by atoms with E-state index >= 15 is 0 Å². The average molecular weight is 826 g/mol. The third-order valence-corrected chi connectivity index (χ3v) is 13.8. The van der Waals surface area contributed by atoms with Crippen LogP contribution in [0.3, 0.4) is 0 Å². The highest BCUT2D eigenvalue weighted by Crippen LogP contribution is 2.43. The van der Waals surface area contributed by atoms with E-state index in [1.54, 1.807) is 0 Å². The zero-order valence-electron chi connectivity index (χ0n) is 35.4. The number of para-hydroxylation sites is 2. The van der Waals surface area contributed by atoms with Crippen LogP contribution in [0.1, 0.15) is 0 Å². The summed E-state index contributed by atoms with van der Waals surface area (Å²) in [6.07, 6.45) is 0. The van der Waals surface area contributed by atoms with E-state index in [0.717, 1.165) is 11.4 Å². The van der Waals surface area contributed by atoms with Crippen LogP contribution in [0.25, 0.3) is 126 Å². The number of rotatable bonds is 5. The predicted octanol–water partition coefficient (Wildman–Crippen LogP) is 16.6. The molecule has 0 fully saturated rings. The first-order valence-corrected chi connectivity index (χ1v) is 22.4. The molecule has 302 valence electrons. The summed E-state index contributed by atoms with van der Waals surface area (Å²) < 4.78 is 7.36. The van der Waals surface area contributed by atoms with Gasteiger partial charge in [0.25, 0.3) is 0 Å². The van der Waals surface area contributed by atoms with Crippen molar-refractivity contribution in [2.75, 3.05) is 0 Å². The van der Waals surface area contributed by atoms with Crippen LogP contribution in [0.5, 0.6) is 0 Å². The molecule has 3 heteroatoms. The van der Waals surface area contributed by atoms with Crippen LogP contribution in [-0.2, 0) is 0 Å². The Morgan fingerprint density at radius 2 is 0.677 bits per heavy atom. The molecule has 14 aromatic rings. The smallest absolute Gasteiger partial charge is 0.0562 e. The van der Waals surface area contributed by atoms with Crippen molar-refractivity contribution in [3.8, 4) is 39.3 Å². The molecule has 0 aliphatic carbocycles. The van der Waals surface area contributed by atoms with Gasteiger partial charge in [-0.05, 0) is 117 Å². The Hall–Kier alpha value is -8.66. The van der Waals surface area contributed by atoms with Gasteiger partial charge in [-0.25, -0.2) is 0 Å². The normalized spacial score (nSPS) is 12.0. The van der Waals surface area contributed by atoms with E-state index in [2.05, 4.69) is 250 Å². The molecule has 0 amide bonds. The molecule has 0 aliphatic heterocycles. The summed E-state index contributed by atoms with van der Waals surface area (Å²) in [5.74, 6) is 0. The zero-order chi connectivity index (χ0) is 42.6. The van der Waals surface area contributed by atoms with Gasteiger partial charge in [-0.2, -0.15) is 0 Å². The fraction of sp³-hybridized carbons (Fsp3) is 0. The highest BCUT2D eigenvalue weighted by molar-refractivity contribution is 6.20. The predicted molar refractivity (Wildman–Crippen MR) is 275 cm³/mol. The van der Waals surface area contributed by atoms with E-state index in [4.69, 9.17) is 0 Å². The topological polar surface area (TPSA) is 14.8 Å². The van der Waals surface area contributed by atoms with Gasteiger partial charge >= 0.3 is 0 Å². The van der Waals surface area contributed by atoms with Gasteiger partial charge in [-0.15, -0.1) is 0 Å². The standard InChI is InChI=1S/C62H39N3/c1-2-13-40(14-3-1)42-25-30-47(31-26-42)63-57-22-10-8-21-51(57)54-38-55-53-37-46(28-33-59(53)64(62(55)39-61(54)63)48-32-27-41-15-4-5-17-44(41)35-48)45-29-34-60-52(36-45)50-20-9-11-23-58(50)65(60)56-24-12-18-43-16-6-7-19-49(43)56/h1-39H. The fourth-order valence-corrected chi connectivity index (χ4v) is 10.8. The summed E-state index contributed by atoms with van der Waals surface area (Å²) in [5, 5.41) is 12.4. The molecule has 11 aromatic carbocycles. The summed E-state index contributed by atoms with van der Waals surface area (Å²) >= 11 is 0. The Morgan fingerprint density at radius 3 is 1.42 bits per heavy atom. The van der Waals surface area contributed by atoms with Crippen LogP contribution >= 0.6 is 0 Å². The molecule has 3 nitrogen and oxygen atoms in total. The number of hydrogen-bond donors (Lipinski definition) is 0. The number of nitrogens with zero attached hydrogens (tertiary/aromatic N) is 3. The van der Waals surface area contributed by atoms with Crippen LogP contribution in [0, 0.1) is 0 Å². The third kappa shape index (κ3) is 5.43. The molecule has 0 saturated heterocycles. The van der Waals surface area contributed by atoms with E-state index < -0.39 is 0 Å². The summed E-state index contributed by atoms with van der Waals surface area (Å²) in [6, 6.07) is 87.1. The Labute approximate surface area is 374 Å². The summed E-state index contributed by atoms with van der Waals surface area (Å²) in [7, 11) is 0. The number of fused-ring (bicyclic) bond motifs is 11. The molecular formula is C62H39N3. The lowest BCUT2D eigenvalue weighted by Gasteiger charge is -2.12. The van der Waals surface area contributed by atoms with Crippen molar-refractivity contribution >= 4 is 87.0 Å². The molecule has 0 radical (unpaired) electrons. The minimum Gasteiger partial charge on any atom is -0.309 e. The minimum atomic E-state index is 1.14. The van der Waals surface area contributed by atoms with Crippen molar-refractivity contribution in [1.82, 2.24) is 13.7 Å². The second kappa shape index (κ2) is 13.9. The molecule has 0 N–H and O–H groups in total. The Balaban J connectivity index is 1.00. The number of hydrogen-bond acceptors (Lipinski definition) is 0. The quantitative estimate of drug-likeness (QED) is 0.164. The first kappa shape index (κ1) is 35.9. The van der Waals surface area contributed by atoms with Crippen molar-refractivity contribution in [2.45, 2.75) is 0 Å². The highest BCUT2D eigenvalue weighted by Gasteiger charge is 2.21. The molecule has 0 unspecified atom stereocenters. The van der Waals surface area contributed by atoms with Crippen LogP contribution < -0.4 is 0 Å². The van der Waals surface area contributed by atoms with E-state index in [1.165, 1.54) is 115 Å². The van der Waals surface area contributed by atoms with E-state index in [1.807, 2.05) is 0 Å². The molecular weight excluding hydrogens is 787 g/mol. The van der Waals surface area contributed by atoms with Crippen molar-refractivity contribution in [2.24, 2.45) is 0 Å². The van der Waals surface area contributed by atoms with Crippen molar-refractivity contribution in [3.05, 3.63) is 237 Å². The van der Waals surface area contributed by atoms with Gasteiger partial charge in [0.15, 0.2) is 0 Å². The van der Waals surface area contributed by atoms with Gasteiger partial charge in [0.2, 0.25) is 0 Å². The molecule has 0 spiro atoms. The van der Waals surface area contributed by atoms with Gasteiger partial charge in [0.05, 0.1) is 38.8 Å². The van der Waals surface area contributed by atoms with Crippen LogP contribution in [0.2, 0.25) is 0 Å².